The number of alkyl halides is 2. The van der Waals surface area contributed by atoms with Crippen LogP contribution in [0.5, 0.6) is 5.75 Å². The number of hydrogen-bond acceptors (Lipinski definition) is 8. The maximum atomic E-state index is 15.4. The number of hydrogen-bond donors (Lipinski definition) is 1. The van der Waals surface area contributed by atoms with Crippen molar-refractivity contribution >= 4 is 18.0 Å². The van der Waals surface area contributed by atoms with E-state index in [9.17, 15) is 18.4 Å². The van der Waals surface area contributed by atoms with Crippen molar-refractivity contribution in [1.29, 1.82) is 0 Å². The second-order valence-corrected chi connectivity index (χ2v) is 13.2. The third-order valence-electron chi connectivity index (χ3n) is 8.08. The minimum absolute atomic E-state index is 0.162. The number of carbonyl (C=O) groups excluding carboxylic acids is 2. The van der Waals surface area contributed by atoms with Gasteiger partial charge in [0.05, 0.1) is 13.2 Å². The van der Waals surface area contributed by atoms with Crippen molar-refractivity contribution in [3.05, 3.63) is 35.4 Å². The van der Waals surface area contributed by atoms with Crippen LogP contribution in [0.2, 0.25) is 0 Å². The van der Waals surface area contributed by atoms with E-state index in [1.165, 1.54) is 12.1 Å². The third kappa shape index (κ3) is 8.78. The van der Waals surface area contributed by atoms with E-state index >= 15 is 4.39 Å². The number of rotatable bonds is 10. The maximum Gasteiger partial charge on any atom is 0.408 e. The van der Waals surface area contributed by atoms with Gasteiger partial charge >= 0.3 is 12.1 Å². The van der Waals surface area contributed by atoms with E-state index in [-0.39, 0.29) is 23.8 Å². The molecule has 244 valence electrons. The highest BCUT2D eigenvalue weighted by atomic mass is 19.3. The number of nitrogens with zero attached hydrogens (tertiary/aromatic N) is 4. The first-order valence-corrected chi connectivity index (χ1v) is 15.3. The summed E-state index contributed by atoms with van der Waals surface area (Å²) in [5.41, 5.74) is -1.04. The highest BCUT2D eigenvalue weighted by Crippen LogP contribution is 2.32. The van der Waals surface area contributed by atoms with Crippen LogP contribution in [-0.2, 0) is 9.53 Å². The quantitative estimate of drug-likeness (QED) is 0.339. The summed E-state index contributed by atoms with van der Waals surface area (Å²) < 4.78 is 59.6. The molecule has 2 atom stereocenters. The summed E-state index contributed by atoms with van der Waals surface area (Å²) in [4.78, 5) is 33.3. The van der Waals surface area contributed by atoms with Crippen molar-refractivity contribution in [2.24, 2.45) is 11.8 Å². The van der Waals surface area contributed by atoms with E-state index in [2.05, 4.69) is 27.3 Å². The summed E-state index contributed by atoms with van der Waals surface area (Å²) in [5, 5.41) is 6.42. The Hall–Kier alpha value is -3.51. The summed E-state index contributed by atoms with van der Waals surface area (Å²) in [7, 11) is 0. The standard InChI is InChI=1S/C31H44F3N5O5/c1-19(2)26-36-28(44-37-26)38-13-9-21(10-14-38)20(3)11-16-42-22-7-8-23(24(32)17-22)25(35-29(41)43-30(4,5)6)27(40)39-15-12-31(33,34)18-39/h7-8,17,19-21,25H,9-16,18H2,1-6H3,(H,35,41). The average Bonchev–Trinajstić information content (AvgIpc) is 3.58. The zero-order valence-corrected chi connectivity index (χ0v) is 26.4. The Morgan fingerprint density at radius 3 is 2.43 bits per heavy atom. The van der Waals surface area contributed by atoms with Gasteiger partial charge in [-0.2, -0.15) is 4.98 Å². The Kier molecular flexibility index (Phi) is 10.3. The highest BCUT2D eigenvalue weighted by molar-refractivity contribution is 5.87. The van der Waals surface area contributed by atoms with Crippen LogP contribution in [0, 0.1) is 17.7 Å². The SMILES string of the molecule is CC(C)c1noc(N2CCC(C(C)CCOc3ccc(C(NC(=O)OC(C)(C)C)C(=O)N4CCC(F)(F)C4)c(F)c3)CC2)n1. The number of halogens is 3. The number of ether oxygens (including phenoxy) is 2. The summed E-state index contributed by atoms with van der Waals surface area (Å²) in [6.45, 7) is 12.2. The molecule has 2 aliphatic rings. The van der Waals surface area contributed by atoms with E-state index in [1.54, 1.807) is 20.8 Å². The molecule has 0 saturated carbocycles. The number of amides is 2. The molecule has 0 aliphatic carbocycles. The number of aromatic nitrogens is 2. The Balaban J connectivity index is 1.33. The zero-order chi connectivity index (χ0) is 32.2. The monoisotopic (exact) mass is 623 g/mol. The van der Waals surface area contributed by atoms with Crippen molar-refractivity contribution in [1.82, 2.24) is 20.4 Å². The molecule has 1 aromatic heterocycles. The largest absolute Gasteiger partial charge is 0.493 e. The van der Waals surface area contributed by atoms with Gasteiger partial charge in [0, 0.05) is 43.6 Å². The Morgan fingerprint density at radius 2 is 1.86 bits per heavy atom. The van der Waals surface area contributed by atoms with Gasteiger partial charge in [-0.15, -0.1) is 0 Å². The van der Waals surface area contributed by atoms with Crippen molar-refractivity contribution < 1.29 is 36.8 Å². The fraction of sp³-hybridized carbons (Fsp3) is 0.677. The lowest BCUT2D eigenvalue weighted by atomic mass is 9.84. The lowest BCUT2D eigenvalue weighted by Crippen LogP contribution is -2.44. The van der Waals surface area contributed by atoms with E-state index in [4.69, 9.17) is 14.0 Å². The molecule has 3 heterocycles. The maximum absolute atomic E-state index is 15.4. The molecule has 2 amide bonds. The lowest BCUT2D eigenvalue weighted by molar-refractivity contribution is -0.134. The van der Waals surface area contributed by atoms with Gasteiger partial charge < -0.3 is 29.1 Å². The molecule has 44 heavy (non-hydrogen) atoms. The van der Waals surface area contributed by atoms with Crippen LogP contribution in [0.15, 0.2) is 22.7 Å². The van der Waals surface area contributed by atoms with Gasteiger partial charge in [0.1, 0.15) is 23.2 Å². The van der Waals surface area contributed by atoms with E-state index in [1.807, 2.05) is 13.8 Å². The van der Waals surface area contributed by atoms with Gasteiger partial charge in [0.15, 0.2) is 5.82 Å². The number of alkyl carbamates (subject to hydrolysis) is 1. The molecule has 2 fully saturated rings. The van der Waals surface area contributed by atoms with Gasteiger partial charge in [-0.05, 0) is 64.0 Å². The zero-order valence-electron chi connectivity index (χ0n) is 26.4. The average molecular weight is 624 g/mol. The van der Waals surface area contributed by atoms with Crippen LogP contribution in [-0.4, -0.2) is 71.4 Å². The second-order valence-electron chi connectivity index (χ2n) is 13.2. The number of likely N-dealkylation sites (tertiary alicyclic amines) is 1. The number of anilines is 1. The van der Waals surface area contributed by atoms with Crippen molar-refractivity contribution in [3.8, 4) is 5.75 Å². The number of benzene rings is 1. The number of carbonyl (C=O) groups is 2. The Morgan fingerprint density at radius 1 is 1.16 bits per heavy atom. The topological polar surface area (TPSA) is 110 Å². The molecule has 2 aromatic rings. The smallest absolute Gasteiger partial charge is 0.408 e. The summed E-state index contributed by atoms with van der Waals surface area (Å²) in [6, 6.07) is 3.01. The minimum atomic E-state index is -3.04. The fourth-order valence-corrected chi connectivity index (χ4v) is 5.48. The van der Waals surface area contributed by atoms with Crippen LogP contribution in [0.25, 0.3) is 0 Å². The van der Waals surface area contributed by atoms with Gasteiger partial charge in [-0.1, -0.05) is 25.9 Å². The molecular formula is C31H44F3N5O5. The van der Waals surface area contributed by atoms with Crippen molar-refractivity contribution in [3.63, 3.8) is 0 Å². The Bertz CT molecular complexity index is 1290. The van der Waals surface area contributed by atoms with Crippen LogP contribution < -0.4 is 15.0 Å². The first kappa shape index (κ1) is 33.4. The third-order valence-corrected chi connectivity index (χ3v) is 8.08. The van der Waals surface area contributed by atoms with E-state index in [0.717, 1.165) is 43.3 Å². The molecule has 10 nitrogen and oxygen atoms in total. The van der Waals surface area contributed by atoms with Crippen molar-refractivity contribution in [2.75, 3.05) is 37.7 Å². The normalized spacial score (nSPS) is 18.8. The molecular weight excluding hydrogens is 579 g/mol. The molecule has 2 unspecified atom stereocenters. The second kappa shape index (κ2) is 13.6. The molecule has 1 N–H and O–H groups in total. The molecule has 0 bridgehead atoms. The Labute approximate surface area is 256 Å². The van der Waals surface area contributed by atoms with Crippen LogP contribution in [0.1, 0.15) is 90.6 Å². The summed E-state index contributed by atoms with van der Waals surface area (Å²) in [6.07, 6.45) is 1.26. The molecule has 0 radical (unpaired) electrons. The minimum Gasteiger partial charge on any atom is -0.493 e. The van der Waals surface area contributed by atoms with Gasteiger partial charge in [-0.3, -0.25) is 4.79 Å². The summed E-state index contributed by atoms with van der Waals surface area (Å²) in [5.74, 6) is -2.64. The predicted molar refractivity (Wildman–Crippen MR) is 157 cm³/mol. The molecule has 1 aromatic carbocycles. The fourth-order valence-electron chi connectivity index (χ4n) is 5.48. The van der Waals surface area contributed by atoms with Crippen LogP contribution in [0.3, 0.4) is 0 Å². The number of piperidine rings is 1. The van der Waals surface area contributed by atoms with Gasteiger partial charge in [-0.25, -0.2) is 18.0 Å². The summed E-state index contributed by atoms with van der Waals surface area (Å²) >= 11 is 0. The first-order chi connectivity index (χ1) is 20.6. The van der Waals surface area contributed by atoms with Crippen LogP contribution >= 0.6 is 0 Å². The molecule has 0 spiro atoms. The van der Waals surface area contributed by atoms with Crippen molar-refractivity contribution in [2.45, 2.75) is 90.7 Å². The first-order valence-electron chi connectivity index (χ1n) is 15.3. The highest BCUT2D eigenvalue weighted by Gasteiger charge is 2.43. The van der Waals surface area contributed by atoms with E-state index in [0.29, 0.717) is 30.3 Å². The van der Waals surface area contributed by atoms with Crippen LogP contribution in [0.4, 0.5) is 24.0 Å². The molecule has 13 heteroatoms. The lowest BCUT2D eigenvalue weighted by Gasteiger charge is -2.33. The predicted octanol–water partition coefficient (Wildman–Crippen LogP) is 6.09. The van der Waals surface area contributed by atoms with E-state index < -0.39 is 48.3 Å². The van der Waals surface area contributed by atoms with Gasteiger partial charge in [0.2, 0.25) is 5.91 Å². The number of nitrogens with one attached hydrogen (secondary N) is 1. The molecule has 4 rings (SSSR count). The van der Waals surface area contributed by atoms with Gasteiger partial charge in [0.25, 0.3) is 5.92 Å². The molecule has 2 saturated heterocycles. The molecule has 2 aliphatic heterocycles.